The molecule has 0 N–H and O–H groups in total. The highest BCUT2D eigenvalue weighted by Gasteiger charge is 2.38. The van der Waals surface area contributed by atoms with Gasteiger partial charge in [0.25, 0.3) is 0 Å². The van der Waals surface area contributed by atoms with Crippen LogP contribution < -0.4 is 0 Å². The van der Waals surface area contributed by atoms with Crippen LogP contribution in [0, 0.1) is 11.8 Å². The molecule has 1 heterocycles. The first-order valence-electron chi connectivity index (χ1n) is 4.40. The maximum absolute atomic E-state index is 11.1. The van der Waals surface area contributed by atoms with E-state index in [1.165, 1.54) is 6.42 Å². The Hall–Kier alpha value is -0.370. The van der Waals surface area contributed by atoms with E-state index < -0.39 is 0 Å². The number of carbonyl (C=O) groups is 1. The van der Waals surface area contributed by atoms with Gasteiger partial charge >= 0.3 is 0 Å². The molecule has 2 rings (SSSR count). The minimum atomic E-state index is 0.270. The number of Topliss-reactive ketones (excluding diaryl/α,β-unsaturated/α-hetero) is 1. The molecule has 0 aromatic heterocycles. The van der Waals surface area contributed by atoms with E-state index in [1.807, 2.05) is 0 Å². The fraction of sp³-hybridized carbons (Fsp3) is 0.889. The fourth-order valence-corrected chi connectivity index (χ4v) is 2.34. The van der Waals surface area contributed by atoms with Crippen LogP contribution >= 0.6 is 0 Å². The third-order valence-electron chi connectivity index (χ3n) is 2.97. The maximum atomic E-state index is 11.1. The third-order valence-corrected chi connectivity index (χ3v) is 2.97. The Morgan fingerprint density at radius 1 is 1.45 bits per heavy atom. The van der Waals surface area contributed by atoms with Gasteiger partial charge in [-0.2, -0.15) is 0 Å². The lowest BCUT2D eigenvalue weighted by atomic mass is 9.77. The molecule has 1 aliphatic heterocycles. The van der Waals surface area contributed by atoms with E-state index >= 15 is 0 Å². The van der Waals surface area contributed by atoms with Crippen molar-refractivity contribution < 1.29 is 9.53 Å². The summed E-state index contributed by atoms with van der Waals surface area (Å²) in [6.07, 6.45) is 2.89. The van der Waals surface area contributed by atoms with Gasteiger partial charge in [0.2, 0.25) is 0 Å². The van der Waals surface area contributed by atoms with Gasteiger partial charge in [-0.3, -0.25) is 4.79 Å². The van der Waals surface area contributed by atoms with Gasteiger partial charge < -0.3 is 4.74 Å². The van der Waals surface area contributed by atoms with Crippen molar-refractivity contribution in [3.63, 3.8) is 0 Å². The third kappa shape index (κ3) is 1.20. The zero-order valence-electron chi connectivity index (χ0n) is 6.88. The van der Waals surface area contributed by atoms with Crippen molar-refractivity contribution in [2.24, 2.45) is 11.8 Å². The van der Waals surface area contributed by atoms with Crippen LogP contribution in [0.2, 0.25) is 0 Å². The SMILES string of the molecule is CC1CC(=O)C[C@@H]2OCC[C@@H]12. The first-order chi connectivity index (χ1) is 5.27. The Morgan fingerprint density at radius 3 is 3.09 bits per heavy atom. The van der Waals surface area contributed by atoms with Gasteiger partial charge in [0, 0.05) is 19.4 Å². The van der Waals surface area contributed by atoms with Gasteiger partial charge in [-0.05, 0) is 18.3 Å². The number of ketones is 1. The maximum Gasteiger partial charge on any atom is 0.135 e. The summed E-state index contributed by atoms with van der Waals surface area (Å²) in [5.41, 5.74) is 0. The first kappa shape index (κ1) is 7.29. The van der Waals surface area contributed by atoms with Crippen molar-refractivity contribution in [1.29, 1.82) is 0 Å². The van der Waals surface area contributed by atoms with Gasteiger partial charge in [0.05, 0.1) is 6.10 Å². The Morgan fingerprint density at radius 2 is 2.27 bits per heavy atom. The van der Waals surface area contributed by atoms with Crippen LogP contribution in [0.25, 0.3) is 0 Å². The predicted octanol–water partition coefficient (Wildman–Crippen LogP) is 1.39. The molecule has 1 saturated heterocycles. The van der Waals surface area contributed by atoms with Crippen LogP contribution in [-0.4, -0.2) is 18.5 Å². The predicted molar refractivity (Wildman–Crippen MR) is 41.3 cm³/mol. The van der Waals surface area contributed by atoms with Crippen LogP contribution in [0.4, 0.5) is 0 Å². The number of carbonyl (C=O) groups excluding carboxylic acids is 1. The number of ether oxygens (including phenoxy) is 1. The van der Waals surface area contributed by atoms with Gasteiger partial charge in [-0.25, -0.2) is 0 Å². The summed E-state index contributed by atoms with van der Waals surface area (Å²) in [4.78, 5) is 11.1. The van der Waals surface area contributed by atoms with Gasteiger partial charge in [-0.1, -0.05) is 6.92 Å². The molecule has 2 heteroatoms. The van der Waals surface area contributed by atoms with E-state index in [1.54, 1.807) is 0 Å². The number of hydrogen-bond acceptors (Lipinski definition) is 2. The molecule has 0 bridgehead atoms. The highest BCUT2D eigenvalue weighted by molar-refractivity contribution is 5.80. The van der Waals surface area contributed by atoms with E-state index in [-0.39, 0.29) is 6.10 Å². The molecule has 1 unspecified atom stereocenters. The normalized spacial score (nSPS) is 44.1. The highest BCUT2D eigenvalue weighted by Crippen LogP contribution is 2.36. The Kier molecular flexibility index (Phi) is 1.72. The van der Waals surface area contributed by atoms with Crippen molar-refractivity contribution in [2.75, 3.05) is 6.61 Å². The molecule has 0 aromatic carbocycles. The molecule has 3 atom stereocenters. The molecule has 2 fully saturated rings. The standard InChI is InChI=1S/C9H14O2/c1-6-4-7(10)5-9-8(6)2-3-11-9/h6,8-9H,2-5H2,1H3/t6?,8-,9-/m0/s1. The Bertz CT molecular complexity index is 176. The minimum Gasteiger partial charge on any atom is -0.377 e. The largest absolute Gasteiger partial charge is 0.377 e. The summed E-state index contributed by atoms with van der Waals surface area (Å²) in [7, 11) is 0. The second kappa shape index (κ2) is 2.59. The second-order valence-corrected chi connectivity index (χ2v) is 3.79. The summed E-state index contributed by atoms with van der Waals surface area (Å²) in [5, 5.41) is 0. The Labute approximate surface area is 66.9 Å². The number of fused-ring (bicyclic) bond motifs is 1. The lowest BCUT2D eigenvalue weighted by Crippen LogP contribution is -2.32. The molecular weight excluding hydrogens is 140 g/mol. The average molecular weight is 154 g/mol. The average Bonchev–Trinajstić information content (AvgIpc) is 2.34. The fourth-order valence-electron chi connectivity index (χ4n) is 2.34. The van der Waals surface area contributed by atoms with Gasteiger partial charge in [-0.15, -0.1) is 0 Å². The molecular formula is C9H14O2. The van der Waals surface area contributed by atoms with Crippen molar-refractivity contribution in [2.45, 2.75) is 32.3 Å². The molecule has 0 radical (unpaired) electrons. The molecule has 2 nitrogen and oxygen atoms in total. The highest BCUT2D eigenvalue weighted by atomic mass is 16.5. The van der Waals surface area contributed by atoms with Crippen molar-refractivity contribution in [3.05, 3.63) is 0 Å². The molecule has 1 aliphatic carbocycles. The summed E-state index contributed by atoms with van der Waals surface area (Å²) in [6, 6.07) is 0. The quantitative estimate of drug-likeness (QED) is 0.527. The van der Waals surface area contributed by atoms with Gasteiger partial charge in [0.15, 0.2) is 0 Å². The second-order valence-electron chi connectivity index (χ2n) is 3.79. The van der Waals surface area contributed by atoms with Crippen LogP contribution in [0.15, 0.2) is 0 Å². The van der Waals surface area contributed by atoms with Crippen molar-refractivity contribution >= 4 is 5.78 Å². The smallest absolute Gasteiger partial charge is 0.135 e. The first-order valence-corrected chi connectivity index (χ1v) is 4.40. The number of rotatable bonds is 0. The van der Waals surface area contributed by atoms with Crippen molar-refractivity contribution in [3.8, 4) is 0 Å². The Balaban J connectivity index is 2.10. The van der Waals surface area contributed by atoms with E-state index in [4.69, 9.17) is 4.74 Å². The van der Waals surface area contributed by atoms with E-state index in [9.17, 15) is 4.79 Å². The summed E-state index contributed by atoms with van der Waals surface area (Å²) in [6.45, 7) is 3.04. The number of hydrogen-bond donors (Lipinski definition) is 0. The lowest BCUT2D eigenvalue weighted by molar-refractivity contribution is -0.126. The zero-order chi connectivity index (χ0) is 7.84. The monoisotopic (exact) mass is 154 g/mol. The van der Waals surface area contributed by atoms with E-state index in [0.717, 1.165) is 13.0 Å². The molecule has 0 spiro atoms. The molecule has 0 amide bonds. The van der Waals surface area contributed by atoms with Crippen molar-refractivity contribution in [1.82, 2.24) is 0 Å². The minimum absolute atomic E-state index is 0.270. The summed E-state index contributed by atoms with van der Waals surface area (Å²) < 4.78 is 5.48. The molecule has 62 valence electrons. The molecule has 2 aliphatic rings. The van der Waals surface area contributed by atoms with Crippen LogP contribution in [0.3, 0.4) is 0 Å². The van der Waals surface area contributed by atoms with Crippen LogP contribution in [0.1, 0.15) is 26.2 Å². The zero-order valence-corrected chi connectivity index (χ0v) is 6.88. The van der Waals surface area contributed by atoms with E-state index in [0.29, 0.717) is 24.0 Å². The molecule has 1 saturated carbocycles. The summed E-state index contributed by atoms with van der Waals surface area (Å²) in [5.74, 6) is 1.62. The molecule has 11 heavy (non-hydrogen) atoms. The van der Waals surface area contributed by atoms with Crippen LogP contribution in [0.5, 0.6) is 0 Å². The van der Waals surface area contributed by atoms with E-state index in [2.05, 4.69) is 6.92 Å². The topological polar surface area (TPSA) is 26.3 Å². The van der Waals surface area contributed by atoms with Crippen LogP contribution in [-0.2, 0) is 9.53 Å². The summed E-state index contributed by atoms with van der Waals surface area (Å²) >= 11 is 0. The lowest BCUT2D eigenvalue weighted by Gasteiger charge is -2.28. The molecule has 0 aromatic rings. The van der Waals surface area contributed by atoms with Gasteiger partial charge in [0.1, 0.15) is 5.78 Å².